The molecular formula is C10H13N3OS. The lowest BCUT2D eigenvalue weighted by molar-refractivity contribution is 0.568. The van der Waals surface area contributed by atoms with E-state index in [1.54, 1.807) is 23.9 Å². The van der Waals surface area contributed by atoms with E-state index in [2.05, 4.69) is 15.5 Å². The molecule has 0 aromatic carbocycles. The summed E-state index contributed by atoms with van der Waals surface area (Å²) < 4.78 is 5.01. The van der Waals surface area contributed by atoms with Crippen LogP contribution in [0, 0.1) is 0 Å². The Morgan fingerprint density at radius 3 is 3.13 bits per heavy atom. The van der Waals surface area contributed by atoms with Gasteiger partial charge < -0.3 is 9.73 Å². The molecule has 0 radical (unpaired) electrons. The fraction of sp³-hybridized carbons (Fsp3) is 0.400. The molecule has 0 aliphatic heterocycles. The predicted octanol–water partition coefficient (Wildman–Crippen LogP) is 1.95. The third kappa shape index (κ3) is 2.64. The predicted molar refractivity (Wildman–Crippen MR) is 59.9 cm³/mol. The van der Waals surface area contributed by atoms with Crippen LogP contribution in [0.5, 0.6) is 0 Å². The molecule has 0 fully saturated rings. The number of rotatable bonds is 5. The van der Waals surface area contributed by atoms with Gasteiger partial charge in [-0.05, 0) is 26.1 Å². The van der Waals surface area contributed by atoms with E-state index in [1.807, 2.05) is 13.1 Å². The fourth-order valence-corrected chi connectivity index (χ4v) is 2.14. The Morgan fingerprint density at radius 2 is 2.40 bits per heavy atom. The van der Waals surface area contributed by atoms with Crippen molar-refractivity contribution in [2.24, 2.45) is 0 Å². The van der Waals surface area contributed by atoms with Gasteiger partial charge in [0, 0.05) is 6.42 Å². The highest BCUT2D eigenvalue weighted by Crippen LogP contribution is 2.23. The average molecular weight is 223 g/mol. The zero-order valence-corrected chi connectivity index (χ0v) is 9.38. The summed E-state index contributed by atoms with van der Waals surface area (Å²) in [6, 6.07) is 1.90. The third-order valence-corrected chi connectivity index (χ3v) is 3.08. The van der Waals surface area contributed by atoms with Crippen LogP contribution in [0.1, 0.15) is 11.4 Å². The molecule has 0 bridgehead atoms. The lowest BCUT2D eigenvalue weighted by Gasteiger charge is -1.94. The van der Waals surface area contributed by atoms with Crippen molar-refractivity contribution in [2.75, 3.05) is 13.6 Å². The number of hydrogen-bond acceptors (Lipinski definition) is 5. The van der Waals surface area contributed by atoms with Gasteiger partial charge in [-0.3, -0.25) is 0 Å². The molecule has 0 atom stereocenters. The van der Waals surface area contributed by atoms with Crippen LogP contribution in [0.2, 0.25) is 0 Å². The van der Waals surface area contributed by atoms with Gasteiger partial charge in [0.1, 0.15) is 11.3 Å². The molecule has 5 heteroatoms. The Bertz CT molecular complexity index is 396. The summed E-state index contributed by atoms with van der Waals surface area (Å²) in [5.74, 6) is 0. The average Bonchev–Trinajstić information content (AvgIpc) is 2.87. The Morgan fingerprint density at radius 1 is 1.47 bits per heavy atom. The van der Waals surface area contributed by atoms with E-state index in [4.69, 9.17) is 4.42 Å². The smallest absolute Gasteiger partial charge is 0.151 e. The lowest BCUT2D eigenvalue weighted by Crippen LogP contribution is -2.08. The molecule has 1 N–H and O–H groups in total. The molecule has 0 spiro atoms. The van der Waals surface area contributed by atoms with E-state index in [1.165, 1.54) is 0 Å². The van der Waals surface area contributed by atoms with Crippen molar-refractivity contribution in [3.05, 3.63) is 23.6 Å². The second-order valence-electron chi connectivity index (χ2n) is 3.22. The molecule has 0 amide bonds. The van der Waals surface area contributed by atoms with Crippen LogP contribution in [0.25, 0.3) is 10.6 Å². The third-order valence-electron chi connectivity index (χ3n) is 2.05. The van der Waals surface area contributed by atoms with E-state index in [9.17, 15) is 0 Å². The van der Waals surface area contributed by atoms with Crippen LogP contribution < -0.4 is 5.32 Å². The highest BCUT2D eigenvalue weighted by atomic mass is 32.1. The van der Waals surface area contributed by atoms with E-state index in [-0.39, 0.29) is 0 Å². The molecule has 0 aliphatic rings. The first-order valence-corrected chi connectivity index (χ1v) is 5.71. The molecule has 80 valence electrons. The maximum Gasteiger partial charge on any atom is 0.151 e. The van der Waals surface area contributed by atoms with Gasteiger partial charge in [0.25, 0.3) is 0 Å². The molecular weight excluding hydrogens is 210 g/mol. The first-order valence-electron chi connectivity index (χ1n) is 4.89. The van der Waals surface area contributed by atoms with Crippen molar-refractivity contribution in [3.63, 3.8) is 0 Å². The summed E-state index contributed by atoms with van der Waals surface area (Å²) in [6.45, 7) is 1.01. The maximum absolute atomic E-state index is 5.01. The van der Waals surface area contributed by atoms with Gasteiger partial charge >= 0.3 is 0 Å². The van der Waals surface area contributed by atoms with Gasteiger partial charge in [-0.2, -0.15) is 0 Å². The summed E-state index contributed by atoms with van der Waals surface area (Å²) in [5.41, 5.74) is 1.01. The van der Waals surface area contributed by atoms with Gasteiger partial charge in [-0.25, -0.2) is 0 Å². The second kappa shape index (κ2) is 5.04. The Labute approximate surface area is 92.3 Å². The number of nitrogens with one attached hydrogen (secondary N) is 1. The zero-order chi connectivity index (χ0) is 10.5. The number of hydrogen-bond donors (Lipinski definition) is 1. The van der Waals surface area contributed by atoms with Crippen LogP contribution in [-0.4, -0.2) is 23.8 Å². The van der Waals surface area contributed by atoms with Crippen LogP contribution in [0.4, 0.5) is 0 Å². The largest absolute Gasteiger partial charge is 0.472 e. The van der Waals surface area contributed by atoms with Crippen molar-refractivity contribution in [3.8, 4) is 10.6 Å². The van der Waals surface area contributed by atoms with Crippen molar-refractivity contribution in [1.29, 1.82) is 0 Å². The Kier molecular flexibility index (Phi) is 3.47. The van der Waals surface area contributed by atoms with Crippen molar-refractivity contribution in [2.45, 2.75) is 12.8 Å². The monoisotopic (exact) mass is 223 g/mol. The summed E-state index contributed by atoms with van der Waals surface area (Å²) in [7, 11) is 1.96. The fourth-order valence-electron chi connectivity index (χ4n) is 1.27. The van der Waals surface area contributed by atoms with E-state index >= 15 is 0 Å². The van der Waals surface area contributed by atoms with Gasteiger partial charge in [-0.1, -0.05) is 11.3 Å². The SMILES string of the molecule is CNCCCc1nnc(-c2ccoc2)s1. The highest BCUT2D eigenvalue weighted by molar-refractivity contribution is 7.14. The molecule has 0 aliphatic carbocycles. The molecule has 0 saturated carbocycles. The topological polar surface area (TPSA) is 51.0 Å². The normalized spacial score (nSPS) is 10.7. The summed E-state index contributed by atoms with van der Waals surface area (Å²) in [5, 5.41) is 13.4. The minimum atomic E-state index is 0.934. The van der Waals surface area contributed by atoms with Crippen LogP contribution >= 0.6 is 11.3 Å². The van der Waals surface area contributed by atoms with E-state index in [0.29, 0.717) is 0 Å². The molecule has 2 heterocycles. The minimum absolute atomic E-state index is 0.934. The number of nitrogens with zero attached hydrogens (tertiary/aromatic N) is 2. The standard InChI is InChI=1S/C10H13N3OS/c1-11-5-2-3-9-12-13-10(15-9)8-4-6-14-7-8/h4,6-7,11H,2-3,5H2,1H3. The van der Waals surface area contributed by atoms with Crippen LogP contribution in [-0.2, 0) is 6.42 Å². The quantitative estimate of drug-likeness (QED) is 0.787. The molecule has 4 nitrogen and oxygen atoms in total. The Balaban J connectivity index is 1.98. The highest BCUT2D eigenvalue weighted by Gasteiger charge is 2.06. The number of aryl methyl sites for hydroxylation is 1. The van der Waals surface area contributed by atoms with E-state index < -0.39 is 0 Å². The van der Waals surface area contributed by atoms with Crippen molar-refractivity contribution >= 4 is 11.3 Å². The lowest BCUT2D eigenvalue weighted by atomic mass is 10.3. The maximum atomic E-state index is 5.01. The Hall–Kier alpha value is -1.20. The van der Waals surface area contributed by atoms with Gasteiger partial charge in [-0.15, -0.1) is 10.2 Å². The number of furan rings is 1. The minimum Gasteiger partial charge on any atom is -0.472 e. The summed E-state index contributed by atoms with van der Waals surface area (Å²) >= 11 is 1.63. The first-order chi connectivity index (χ1) is 7.40. The molecule has 2 aromatic rings. The first kappa shape index (κ1) is 10.3. The van der Waals surface area contributed by atoms with E-state index in [0.717, 1.165) is 35.0 Å². The van der Waals surface area contributed by atoms with Crippen molar-refractivity contribution in [1.82, 2.24) is 15.5 Å². The molecule has 0 saturated heterocycles. The van der Waals surface area contributed by atoms with Gasteiger partial charge in [0.2, 0.25) is 0 Å². The second-order valence-corrected chi connectivity index (χ2v) is 4.28. The number of aromatic nitrogens is 2. The van der Waals surface area contributed by atoms with Gasteiger partial charge in [0.15, 0.2) is 5.01 Å². The molecule has 2 aromatic heterocycles. The van der Waals surface area contributed by atoms with Crippen LogP contribution in [0.3, 0.4) is 0 Å². The summed E-state index contributed by atoms with van der Waals surface area (Å²) in [4.78, 5) is 0. The van der Waals surface area contributed by atoms with Gasteiger partial charge in [0.05, 0.1) is 11.8 Å². The summed E-state index contributed by atoms with van der Waals surface area (Å²) in [6.07, 6.45) is 5.42. The molecule has 15 heavy (non-hydrogen) atoms. The van der Waals surface area contributed by atoms with Crippen LogP contribution in [0.15, 0.2) is 23.0 Å². The zero-order valence-electron chi connectivity index (χ0n) is 8.56. The molecule has 2 rings (SSSR count). The van der Waals surface area contributed by atoms with Crippen molar-refractivity contribution < 1.29 is 4.42 Å². The molecule has 0 unspecified atom stereocenters.